The van der Waals surface area contributed by atoms with E-state index in [0.29, 0.717) is 11.8 Å². The Balaban J connectivity index is 2.72. The summed E-state index contributed by atoms with van der Waals surface area (Å²) in [5, 5.41) is 0. The first-order valence-electron chi connectivity index (χ1n) is 5.16. The average Bonchev–Trinajstić information content (AvgIpc) is 2.17. The van der Waals surface area contributed by atoms with E-state index in [0.717, 1.165) is 24.3 Å². The fraction of sp³-hybridized carbons (Fsp3) is 0.909. The Morgan fingerprint density at radius 3 is 2.15 bits per heavy atom. The van der Waals surface area contributed by atoms with E-state index < -0.39 is 0 Å². The second kappa shape index (κ2) is 4.50. The van der Waals surface area contributed by atoms with Gasteiger partial charge in [0.1, 0.15) is 6.29 Å². The van der Waals surface area contributed by atoms with Gasteiger partial charge in [0.2, 0.25) is 0 Å². The summed E-state index contributed by atoms with van der Waals surface area (Å²) < 4.78 is 0. The molecule has 1 aliphatic heterocycles. The molecule has 0 aliphatic carbocycles. The number of rotatable bonds is 3. The predicted molar refractivity (Wildman–Crippen MR) is 59.1 cm³/mol. The number of carbonyl (C=O) groups excluding carboxylic acids is 1. The molecule has 1 rings (SSSR count). The van der Waals surface area contributed by atoms with Crippen molar-refractivity contribution < 1.29 is 4.79 Å². The Labute approximate surface area is 85.7 Å². The Kier molecular flexibility index (Phi) is 3.84. The lowest BCUT2D eigenvalue weighted by atomic mass is 9.68. The smallest absolute Gasteiger partial charge is 0.126 e. The molecule has 0 amide bonds. The fourth-order valence-electron chi connectivity index (χ4n) is 2.10. The van der Waals surface area contributed by atoms with Crippen LogP contribution in [0.15, 0.2) is 0 Å². The van der Waals surface area contributed by atoms with Crippen LogP contribution in [-0.4, -0.2) is 17.8 Å². The molecule has 0 aromatic carbocycles. The number of hydrogen-bond donors (Lipinski definition) is 0. The van der Waals surface area contributed by atoms with Gasteiger partial charge in [0.05, 0.1) is 0 Å². The topological polar surface area (TPSA) is 17.1 Å². The van der Waals surface area contributed by atoms with Crippen LogP contribution < -0.4 is 0 Å². The molecule has 1 unspecified atom stereocenters. The third-order valence-electron chi connectivity index (χ3n) is 3.57. The molecule has 1 nitrogen and oxygen atoms in total. The predicted octanol–water partition coefficient (Wildman–Crippen LogP) is 2.99. The van der Waals surface area contributed by atoms with Crippen LogP contribution >= 0.6 is 11.8 Å². The van der Waals surface area contributed by atoms with Crippen LogP contribution in [0.5, 0.6) is 0 Å². The first-order chi connectivity index (χ1) is 6.12. The van der Waals surface area contributed by atoms with Crippen molar-refractivity contribution in [2.45, 2.75) is 33.6 Å². The molecule has 0 saturated carbocycles. The van der Waals surface area contributed by atoms with Crippen LogP contribution in [0.1, 0.15) is 33.6 Å². The highest BCUT2D eigenvalue weighted by Gasteiger charge is 2.38. The quantitative estimate of drug-likeness (QED) is 0.651. The molecule has 13 heavy (non-hydrogen) atoms. The molecule has 0 radical (unpaired) electrons. The standard InChI is InChI=1S/C11H20OS/c1-9(2)10(3)11(8-12)4-6-13-7-5-11/h8-10H,4-7H2,1-3H3. The number of aldehydes is 1. The van der Waals surface area contributed by atoms with Crippen LogP contribution in [0.3, 0.4) is 0 Å². The van der Waals surface area contributed by atoms with E-state index in [9.17, 15) is 4.79 Å². The zero-order valence-corrected chi connectivity index (χ0v) is 9.69. The summed E-state index contributed by atoms with van der Waals surface area (Å²) in [5.74, 6) is 3.48. The van der Waals surface area contributed by atoms with E-state index in [4.69, 9.17) is 0 Å². The van der Waals surface area contributed by atoms with E-state index in [1.165, 1.54) is 6.29 Å². The molecule has 0 bridgehead atoms. The highest BCUT2D eigenvalue weighted by atomic mass is 32.2. The average molecular weight is 200 g/mol. The minimum absolute atomic E-state index is 0.000579. The molecule has 76 valence electrons. The van der Waals surface area contributed by atoms with Gasteiger partial charge >= 0.3 is 0 Å². The fourth-order valence-corrected chi connectivity index (χ4v) is 3.35. The largest absolute Gasteiger partial charge is 0.303 e. The monoisotopic (exact) mass is 200 g/mol. The van der Waals surface area contributed by atoms with Gasteiger partial charge in [-0.3, -0.25) is 0 Å². The van der Waals surface area contributed by atoms with Crippen molar-refractivity contribution >= 4 is 18.0 Å². The van der Waals surface area contributed by atoms with Crippen LogP contribution in [0.4, 0.5) is 0 Å². The first kappa shape index (κ1) is 11.1. The maximum Gasteiger partial charge on any atom is 0.126 e. The number of thioether (sulfide) groups is 1. The Morgan fingerprint density at radius 1 is 1.23 bits per heavy atom. The van der Waals surface area contributed by atoms with Crippen LogP contribution in [0, 0.1) is 17.3 Å². The minimum Gasteiger partial charge on any atom is -0.303 e. The third kappa shape index (κ3) is 2.28. The van der Waals surface area contributed by atoms with Crippen molar-refractivity contribution in [1.29, 1.82) is 0 Å². The second-order valence-corrected chi connectivity index (χ2v) is 5.72. The Bertz CT molecular complexity index is 171. The van der Waals surface area contributed by atoms with E-state index in [1.807, 2.05) is 11.8 Å². The zero-order chi connectivity index (χ0) is 9.90. The maximum atomic E-state index is 11.2. The molecular formula is C11H20OS. The molecule has 1 heterocycles. The van der Waals surface area contributed by atoms with E-state index in [2.05, 4.69) is 20.8 Å². The number of hydrogen-bond acceptors (Lipinski definition) is 2. The summed E-state index contributed by atoms with van der Waals surface area (Å²) >= 11 is 1.98. The lowest BCUT2D eigenvalue weighted by Crippen LogP contribution is -2.37. The summed E-state index contributed by atoms with van der Waals surface area (Å²) in [4.78, 5) is 11.2. The van der Waals surface area contributed by atoms with Crippen LogP contribution in [0.25, 0.3) is 0 Å². The van der Waals surface area contributed by atoms with Gasteiger partial charge in [0.25, 0.3) is 0 Å². The van der Waals surface area contributed by atoms with Crippen molar-refractivity contribution in [3.8, 4) is 0 Å². The minimum atomic E-state index is -0.000579. The highest BCUT2D eigenvalue weighted by Crippen LogP contribution is 2.42. The van der Waals surface area contributed by atoms with Gasteiger partial charge < -0.3 is 4.79 Å². The molecular weight excluding hydrogens is 180 g/mol. The molecule has 0 N–H and O–H groups in total. The molecule has 1 saturated heterocycles. The molecule has 0 aromatic rings. The third-order valence-corrected chi connectivity index (χ3v) is 4.55. The second-order valence-electron chi connectivity index (χ2n) is 4.50. The van der Waals surface area contributed by atoms with E-state index in [1.54, 1.807) is 0 Å². The highest BCUT2D eigenvalue weighted by molar-refractivity contribution is 7.99. The molecule has 1 fully saturated rings. The zero-order valence-electron chi connectivity index (χ0n) is 8.88. The molecule has 1 atom stereocenters. The van der Waals surface area contributed by atoms with Gasteiger partial charge in [0, 0.05) is 5.41 Å². The van der Waals surface area contributed by atoms with Crippen LogP contribution in [-0.2, 0) is 4.79 Å². The molecule has 2 heteroatoms. The summed E-state index contributed by atoms with van der Waals surface area (Å²) in [6, 6.07) is 0. The normalized spacial score (nSPS) is 24.3. The van der Waals surface area contributed by atoms with E-state index in [-0.39, 0.29) is 5.41 Å². The summed E-state index contributed by atoms with van der Waals surface area (Å²) in [6.45, 7) is 6.67. The van der Waals surface area contributed by atoms with Gasteiger partial charge in [-0.15, -0.1) is 0 Å². The SMILES string of the molecule is CC(C)C(C)C1(C=O)CCSCC1. The lowest BCUT2D eigenvalue weighted by Gasteiger charge is -2.39. The van der Waals surface area contributed by atoms with Gasteiger partial charge in [-0.1, -0.05) is 20.8 Å². The van der Waals surface area contributed by atoms with Gasteiger partial charge in [-0.05, 0) is 36.2 Å². The first-order valence-corrected chi connectivity index (χ1v) is 6.32. The maximum absolute atomic E-state index is 11.2. The number of carbonyl (C=O) groups is 1. The van der Waals surface area contributed by atoms with Crippen molar-refractivity contribution in [3.63, 3.8) is 0 Å². The van der Waals surface area contributed by atoms with Gasteiger partial charge in [-0.2, -0.15) is 11.8 Å². The Morgan fingerprint density at radius 2 is 1.77 bits per heavy atom. The molecule has 1 aliphatic rings. The van der Waals surface area contributed by atoms with Gasteiger partial charge in [-0.25, -0.2) is 0 Å². The summed E-state index contributed by atoms with van der Waals surface area (Å²) in [6.07, 6.45) is 3.40. The lowest BCUT2D eigenvalue weighted by molar-refractivity contribution is -0.120. The van der Waals surface area contributed by atoms with Gasteiger partial charge in [0.15, 0.2) is 0 Å². The Hall–Kier alpha value is 0.0200. The van der Waals surface area contributed by atoms with Crippen molar-refractivity contribution in [1.82, 2.24) is 0 Å². The summed E-state index contributed by atoms with van der Waals surface area (Å²) in [7, 11) is 0. The summed E-state index contributed by atoms with van der Waals surface area (Å²) in [5.41, 5.74) is -0.000579. The van der Waals surface area contributed by atoms with Crippen LogP contribution in [0.2, 0.25) is 0 Å². The van der Waals surface area contributed by atoms with E-state index >= 15 is 0 Å². The van der Waals surface area contributed by atoms with Crippen molar-refractivity contribution in [2.75, 3.05) is 11.5 Å². The molecule has 0 aromatic heterocycles. The van der Waals surface area contributed by atoms with Crippen molar-refractivity contribution in [2.24, 2.45) is 17.3 Å². The molecule has 0 spiro atoms. The van der Waals surface area contributed by atoms with Crippen molar-refractivity contribution in [3.05, 3.63) is 0 Å².